The first-order valence-electron chi connectivity index (χ1n) is 11.1. The average molecular weight is 407 g/mol. The Balaban J connectivity index is 1.70. The molecule has 2 aromatic heterocycles. The molecular weight excluding hydrogens is 378 g/mol. The number of nitrogens with one attached hydrogen (secondary N) is 1. The van der Waals surface area contributed by atoms with Crippen molar-refractivity contribution in [2.24, 2.45) is 0 Å². The minimum absolute atomic E-state index is 0.0654. The standard InChI is InChI=1S/C23H27N5O2/c1-15-4-3-5-18-20(15)25-10-11-27(18)19-12-16-13-24-14-26-21(16)28(22(19)29)17-6-8-23(2,30)9-7-17/h3-5,12-14,17,25,30H,6-11H2,1-2H3/i14D. The molecule has 0 bridgehead atoms. The summed E-state index contributed by atoms with van der Waals surface area (Å²) in [7, 11) is 0. The van der Waals surface area contributed by atoms with Crippen molar-refractivity contribution in [3.8, 4) is 0 Å². The van der Waals surface area contributed by atoms with Crippen LogP contribution in [0.5, 0.6) is 0 Å². The van der Waals surface area contributed by atoms with Crippen LogP contribution in [-0.2, 0) is 0 Å². The Bertz CT molecular complexity index is 1210. The first-order valence-corrected chi connectivity index (χ1v) is 10.6. The molecule has 5 rings (SSSR count). The van der Waals surface area contributed by atoms with E-state index in [1.807, 2.05) is 25.1 Å². The van der Waals surface area contributed by atoms with Crippen LogP contribution in [0.4, 0.5) is 17.1 Å². The van der Waals surface area contributed by atoms with E-state index in [4.69, 9.17) is 1.37 Å². The van der Waals surface area contributed by atoms with E-state index >= 15 is 0 Å². The van der Waals surface area contributed by atoms with E-state index in [1.54, 1.807) is 10.8 Å². The lowest BCUT2D eigenvalue weighted by molar-refractivity contribution is 0.0100. The van der Waals surface area contributed by atoms with E-state index in [0.717, 1.165) is 28.9 Å². The summed E-state index contributed by atoms with van der Waals surface area (Å²) in [6.07, 6.45) is 4.18. The van der Waals surface area contributed by atoms with Gasteiger partial charge < -0.3 is 15.3 Å². The number of pyridine rings is 1. The van der Waals surface area contributed by atoms with E-state index in [9.17, 15) is 9.90 Å². The maximum atomic E-state index is 13.9. The smallest absolute Gasteiger partial charge is 0.276 e. The molecule has 7 nitrogen and oxygen atoms in total. The number of nitrogens with zero attached hydrogens (tertiary/aromatic N) is 4. The number of aromatic nitrogens is 3. The molecule has 1 saturated carbocycles. The summed E-state index contributed by atoms with van der Waals surface area (Å²) >= 11 is 0. The summed E-state index contributed by atoms with van der Waals surface area (Å²) in [6, 6.07) is 7.88. The highest BCUT2D eigenvalue weighted by Crippen LogP contribution is 2.38. The molecule has 0 radical (unpaired) electrons. The second-order valence-electron chi connectivity index (χ2n) is 8.73. The Morgan fingerprint density at radius 2 is 2.10 bits per heavy atom. The predicted octanol–water partition coefficient (Wildman–Crippen LogP) is 3.53. The minimum atomic E-state index is -0.696. The van der Waals surface area contributed by atoms with Gasteiger partial charge in [-0.3, -0.25) is 9.36 Å². The molecule has 3 aromatic rings. The van der Waals surface area contributed by atoms with Gasteiger partial charge in [0, 0.05) is 30.7 Å². The van der Waals surface area contributed by atoms with Gasteiger partial charge in [-0.1, -0.05) is 12.1 Å². The van der Waals surface area contributed by atoms with E-state index in [2.05, 4.69) is 33.2 Å². The zero-order valence-corrected chi connectivity index (χ0v) is 17.4. The van der Waals surface area contributed by atoms with E-state index in [-0.39, 0.29) is 17.9 Å². The Kier molecular flexibility index (Phi) is 4.23. The van der Waals surface area contributed by atoms with Crippen molar-refractivity contribution in [3.05, 3.63) is 52.7 Å². The Morgan fingerprint density at radius 1 is 1.30 bits per heavy atom. The van der Waals surface area contributed by atoms with Crippen molar-refractivity contribution in [2.45, 2.75) is 51.2 Å². The van der Waals surface area contributed by atoms with Crippen molar-refractivity contribution in [1.29, 1.82) is 0 Å². The molecule has 7 heteroatoms. The van der Waals surface area contributed by atoms with Crippen LogP contribution in [0.25, 0.3) is 11.0 Å². The number of aryl methyl sites for hydroxylation is 1. The molecule has 30 heavy (non-hydrogen) atoms. The molecule has 0 amide bonds. The summed E-state index contributed by atoms with van der Waals surface area (Å²) in [4.78, 5) is 24.3. The van der Waals surface area contributed by atoms with Gasteiger partial charge in [0.1, 0.15) is 19.0 Å². The van der Waals surface area contributed by atoms with Crippen LogP contribution in [0.1, 0.15) is 45.6 Å². The second kappa shape index (κ2) is 7.09. The molecular formula is C23H27N5O2. The lowest BCUT2D eigenvalue weighted by atomic mass is 9.83. The van der Waals surface area contributed by atoms with Gasteiger partial charge in [-0.05, 0) is 57.2 Å². The number of benzene rings is 1. The van der Waals surface area contributed by atoms with Crippen LogP contribution in [0.2, 0.25) is 0 Å². The lowest BCUT2D eigenvalue weighted by Gasteiger charge is -2.36. The normalized spacial score (nSPS) is 24.3. The van der Waals surface area contributed by atoms with Crippen molar-refractivity contribution < 1.29 is 6.48 Å². The van der Waals surface area contributed by atoms with Gasteiger partial charge >= 0.3 is 0 Å². The number of fused-ring (bicyclic) bond motifs is 2. The summed E-state index contributed by atoms with van der Waals surface area (Å²) in [5, 5.41) is 14.6. The van der Waals surface area contributed by atoms with Crippen LogP contribution < -0.4 is 15.8 Å². The summed E-state index contributed by atoms with van der Waals surface area (Å²) in [5.74, 6) is 0. The Hall–Kier alpha value is -2.93. The molecule has 2 N–H and O–H groups in total. The quantitative estimate of drug-likeness (QED) is 0.677. The summed E-state index contributed by atoms with van der Waals surface area (Å²) in [5.41, 5.74) is 3.47. The van der Waals surface area contributed by atoms with Gasteiger partial charge in [0.15, 0.2) is 0 Å². The maximum Gasteiger partial charge on any atom is 0.276 e. The highest BCUT2D eigenvalue weighted by atomic mass is 16.3. The summed E-state index contributed by atoms with van der Waals surface area (Å²) < 4.78 is 9.64. The highest BCUT2D eigenvalue weighted by Gasteiger charge is 2.32. The fourth-order valence-corrected chi connectivity index (χ4v) is 4.81. The molecule has 156 valence electrons. The number of anilines is 3. The molecule has 0 spiro atoms. The zero-order chi connectivity index (χ0) is 21.8. The summed E-state index contributed by atoms with van der Waals surface area (Å²) in [6.45, 7) is 5.33. The number of rotatable bonds is 2. The molecule has 0 unspecified atom stereocenters. The molecule has 0 atom stereocenters. The van der Waals surface area contributed by atoms with Crippen molar-refractivity contribution in [2.75, 3.05) is 23.3 Å². The monoisotopic (exact) mass is 406 g/mol. The number of hydrogen-bond donors (Lipinski definition) is 2. The van der Waals surface area contributed by atoms with Gasteiger partial charge in [0.25, 0.3) is 5.56 Å². The second-order valence-corrected chi connectivity index (χ2v) is 8.73. The number of hydrogen-bond acceptors (Lipinski definition) is 6. The molecule has 1 fully saturated rings. The number of para-hydroxylation sites is 1. The van der Waals surface area contributed by atoms with Gasteiger partial charge in [-0.2, -0.15) is 0 Å². The highest BCUT2D eigenvalue weighted by molar-refractivity contribution is 5.85. The molecule has 2 aliphatic rings. The molecule has 1 aliphatic carbocycles. The minimum Gasteiger partial charge on any atom is -0.390 e. The van der Waals surface area contributed by atoms with E-state index in [1.165, 1.54) is 0 Å². The van der Waals surface area contributed by atoms with Crippen LogP contribution in [0.15, 0.2) is 41.6 Å². The Morgan fingerprint density at radius 3 is 2.90 bits per heavy atom. The van der Waals surface area contributed by atoms with Gasteiger partial charge in [-0.25, -0.2) is 9.97 Å². The average Bonchev–Trinajstić information content (AvgIpc) is 2.74. The van der Waals surface area contributed by atoms with Crippen molar-refractivity contribution >= 4 is 28.1 Å². The molecule has 3 heterocycles. The van der Waals surface area contributed by atoms with Gasteiger partial charge in [-0.15, -0.1) is 0 Å². The molecule has 1 aliphatic heterocycles. The van der Waals surface area contributed by atoms with Crippen molar-refractivity contribution in [1.82, 2.24) is 14.5 Å². The first kappa shape index (κ1) is 17.9. The van der Waals surface area contributed by atoms with E-state index < -0.39 is 5.60 Å². The Labute approximate surface area is 176 Å². The van der Waals surface area contributed by atoms with Gasteiger partial charge in [0.05, 0.1) is 17.0 Å². The number of aliphatic hydroxyl groups is 1. The molecule has 0 saturated heterocycles. The predicted molar refractivity (Wildman–Crippen MR) is 119 cm³/mol. The van der Waals surface area contributed by atoms with Gasteiger partial charge in [0.2, 0.25) is 0 Å². The van der Waals surface area contributed by atoms with Crippen LogP contribution in [0.3, 0.4) is 0 Å². The molecule has 1 aromatic carbocycles. The first-order chi connectivity index (χ1) is 14.8. The SMILES string of the molecule is [2H]c1ncc2cc(N3CCNc4c(C)cccc43)c(=O)n(C3CCC(C)(O)CC3)c2n1. The largest absolute Gasteiger partial charge is 0.390 e. The lowest BCUT2D eigenvalue weighted by Crippen LogP contribution is -2.39. The van der Waals surface area contributed by atoms with Crippen LogP contribution in [0, 0.1) is 6.92 Å². The maximum absolute atomic E-state index is 13.9. The fourth-order valence-electron chi connectivity index (χ4n) is 4.81. The third-order valence-electron chi connectivity index (χ3n) is 6.50. The topological polar surface area (TPSA) is 83.3 Å². The third-order valence-corrected chi connectivity index (χ3v) is 6.50. The van der Waals surface area contributed by atoms with Crippen LogP contribution >= 0.6 is 0 Å². The fraction of sp³-hybridized carbons (Fsp3) is 0.435. The van der Waals surface area contributed by atoms with E-state index in [0.29, 0.717) is 43.6 Å². The van der Waals surface area contributed by atoms with Crippen molar-refractivity contribution in [3.63, 3.8) is 0 Å². The van der Waals surface area contributed by atoms with Crippen LogP contribution in [-0.4, -0.2) is 38.3 Å². The zero-order valence-electron chi connectivity index (χ0n) is 18.4. The third kappa shape index (κ3) is 3.13.